The number of para-hydroxylation sites is 1. The number of hydrogen-bond acceptors (Lipinski definition) is 3. The lowest BCUT2D eigenvalue weighted by atomic mass is 10.1. The van der Waals surface area contributed by atoms with E-state index < -0.39 is 23.7 Å². The number of amides is 4. The molecule has 2 aromatic rings. The van der Waals surface area contributed by atoms with Crippen LogP contribution in [-0.4, -0.2) is 24.4 Å². The highest BCUT2D eigenvalue weighted by Gasteiger charge is 2.30. The van der Waals surface area contributed by atoms with Crippen LogP contribution in [0.2, 0.25) is 0 Å². The Bertz CT molecular complexity index is 916. The third-order valence-electron chi connectivity index (χ3n) is 4.02. The number of hydrogen-bond donors (Lipinski definition) is 4. The zero-order chi connectivity index (χ0) is 22.1. The second-order valence-corrected chi connectivity index (χ2v) is 6.37. The summed E-state index contributed by atoms with van der Waals surface area (Å²) in [6.45, 7) is 0.346. The van der Waals surface area contributed by atoms with Gasteiger partial charge in [-0.1, -0.05) is 18.2 Å². The Morgan fingerprint density at radius 3 is 2.37 bits per heavy atom. The lowest BCUT2D eigenvalue weighted by Crippen LogP contribution is -2.30. The average molecular weight is 422 g/mol. The molecule has 0 atom stereocenters. The smallest absolute Gasteiger partial charge is 0.352 e. The topological polar surface area (TPSA) is 113 Å². The summed E-state index contributed by atoms with van der Waals surface area (Å²) in [6.07, 6.45) is -3.33. The third kappa shape index (κ3) is 7.12. The first-order valence-electron chi connectivity index (χ1n) is 9.07. The normalized spacial score (nSPS) is 10.9. The van der Waals surface area contributed by atoms with Crippen molar-refractivity contribution in [3.63, 3.8) is 0 Å². The highest BCUT2D eigenvalue weighted by molar-refractivity contribution is 6.10. The van der Waals surface area contributed by atoms with E-state index in [1.165, 1.54) is 24.3 Å². The summed E-state index contributed by atoms with van der Waals surface area (Å²) in [5, 5.41) is 7.45. The van der Waals surface area contributed by atoms with Gasteiger partial charge in [0.25, 0.3) is 5.91 Å². The molecule has 2 aromatic carbocycles. The van der Waals surface area contributed by atoms with E-state index in [0.717, 1.165) is 12.1 Å². The lowest BCUT2D eigenvalue weighted by Gasteiger charge is -2.13. The van der Waals surface area contributed by atoms with Crippen molar-refractivity contribution in [2.75, 3.05) is 17.2 Å². The fourth-order valence-electron chi connectivity index (χ4n) is 2.60. The molecule has 0 unspecified atom stereocenters. The molecule has 0 saturated carbocycles. The maximum Gasteiger partial charge on any atom is 0.416 e. The number of nitrogens with one attached hydrogen (secondary N) is 3. The summed E-state index contributed by atoms with van der Waals surface area (Å²) in [4.78, 5) is 35.2. The molecule has 0 aliphatic carbocycles. The van der Waals surface area contributed by atoms with E-state index in [9.17, 15) is 27.6 Å². The van der Waals surface area contributed by atoms with Gasteiger partial charge >= 0.3 is 12.2 Å². The molecule has 30 heavy (non-hydrogen) atoms. The van der Waals surface area contributed by atoms with Crippen molar-refractivity contribution < 1.29 is 27.6 Å². The van der Waals surface area contributed by atoms with Crippen LogP contribution in [0.4, 0.5) is 29.3 Å². The van der Waals surface area contributed by atoms with Crippen LogP contribution in [0.25, 0.3) is 0 Å². The maximum absolute atomic E-state index is 12.8. The van der Waals surface area contributed by atoms with Crippen LogP contribution in [0.5, 0.6) is 0 Å². The Hall–Kier alpha value is -3.56. The number of rotatable bonds is 8. The first kappa shape index (κ1) is 22.7. The Kier molecular flexibility index (Phi) is 7.79. The minimum absolute atomic E-state index is 0.0158. The molecule has 10 heteroatoms. The summed E-state index contributed by atoms with van der Waals surface area (Å²) in [7, 11) is 0. The van der Waals surface area contributed by atoms with Crippen molar-refractivity contribution in [3.8, 4) is 0 Å². The molecule has 7 nitrogen and oxygen atoms in total. The van der Waals surface area contributed by atoms with Crippen LogP contribution in [0.3, 0.4) is 0 Å². The van der Waals surface area contributed by atoms with Gasteiger partial charge in [-0.3, -0.25) is 9.59 Å². The van der Waals surface area contributed by atoms with Gasteiger partial charge in [-0.2, -0.15) is 13.2 Å². The largest absolute Gasteiger partial charge is 0.416 e. The van der Waals surface area contributed by atoms with Gasteiger partial charge in [0, 0.05) is 18.7 Å². The summed E-state index contributed by atoms with van der Waals surface area (Å²) in [6, 6.07) is 9.80. The molecule has 0 aliphatic rings. The van der Waals surface area contributed by atoms with Crippen LogP contribution in [0, 0.1) is 0 Å². The van der Waals surface area contributed by atoms with Crippen LogP contribution in [0.1, 0.15) is 35.2 Å². The summed E-state index contributed by atoms with van der Waals surface area (Å²) in [5.74, 6) is -0.996. The van der Waals surface area contributed by atoms with Gasteiger partial charge in [0.15, 0.2) is 0 Å². The number of alkyl halides is 3. The second-order valence-electron chi connectivity index (χ2n) is 6.37. The predicted molar refractivity (Wildman–Crippen MR) is 106 cm³/mol. The Morgan fingerprint density at radius 2 is 1.67 bits per heavy atom. The van der Waals surface area contributed by atoms with E-state index in [2.05, 4.69) is 16.0 Å². The molecule has 4 amide bonds. The number of urea groups is 1. The number of unbranched alkanes of at least 4 members (excludes halogenated alkanes) is 1. The van der Waals surface area contributed by atoms with E-state index >= 15 is 0 Å². The molecule has 0 aromatic heterocycles. The molecule has 2 rings (SSSR count). The van der Waals surface area contributed by atoms with Crippen molar-refractivity contribution in [1.29, 1.82) is 0 Å². The molecule has 0 saturated heterocycles. The first-order valence-corrected chi connectivity index (χ1v) is 9.07. The number of nitrogens with two attached hydrogens (primary N) is 1. The van der Waals surface area contributed by atoms with Gasteiger partial charge in [-0.25, -0.2) is 4.79 Å². The average Bonchev–Trinajstić information content (AvgIpc) is 2.67. The molecule has 160 valence electrons. The van der Waals surface area contributed by atoms with E-state index in [1.54, 1.807) is 12.1 Å². The second kappa shape index (κ2) is 10.3. The summed E-state index contributed by atoms with van der Waals surface area (Å²) >= 11 is 0. The number of benzene rings is 2. The summed E-state index contributed by atoms with van der Waals surface area (Å²) in [5.41, 5.74) is 4.39. The Morgan fingerprint density at radius 1 is 0.933 bits per heavy atom. The van der Waals surface area contributed by atoms with E-state index in [1.807, 2.05) is 0 Å². The summed E-state index contributed by atoms with van der Waals surface area (Å²) < 4.78 is 38.5. The highest BCUT2D eigenvalue weighted by atomic mass is 19.4. The molecule has 0 spiro atoms. The molecule has 5 N–H and O–H groups in total. The van der Waals surface area contributed by atoms with Crippen LogP contribution < -0.4 is 21.7 Å². The first-order chi connectivity index (χ1) is 14.2. The monoisotopic (exact) mass is 422 g/mol. The number of carbonyl (C=O) groups excluding carboxylic acids is 3. The lowest BCUT2D eigenvalue weighted by molar-refractivity contribution is -0.137. The Labute approximate surface area is 170 Å². The molecule has 0 bridgehead atoms. The van der Waals surface area contributed by atoms with Crippen LogP contribution in [0.15, 0.2) is 48.5 Å². The standard InChI is InChI=1S/C20H21F3N4O3/c21-20(22,23)13-6-5-7-14(12-13)26-18(29)15-8-1-2-9-16(15)27-17(28)10-3-4-11-25-19(24)30/h1-2,5-9,12H,3-4,10-11H2,(H,26,29)(H,27,28)(H3,24,25,30). The minimum Gasteiger partial charge on any atom is -0.352 e. The van der Waals surface area contributed by atoms with Crippen molar-refractivity contribution in [2.45, 2.75) is 25.4 Å². The van der Waals surface area contributed by atoms with Gasteiger partial charge in [-0.05, 0) is 43.2 Å². The number of primary amides is 1. The maximum atomic E-state index is 12.8. The van der Waals surface area contributed by atoms with Gasteiger partial charge in [0.05, 0.1) is 16.8 Å². The molecule has 0 heterocycles. The van der Waals surface area contributed by atoms with Crippen molar-refractivity contribution in [1.82, 2.24) is 5.32 Å². The zero-order valence-corrected chi connectivity index (χ0v) is 15.9. The fraction of sp³-hybridized carbons (Fsp3) is 0.250. The molecule has 0 radical (unpaired) electrons. The SMILES string of the molecule is NC(=O)NCCCCC(=O)Nc1ccccc1C(=O)Nc1cccc(C(F)(F)F)c1. The van der Waals surface area contributed by atoms with Gasteiger partial charge in [-0.15, -0.1) is 0 Å². The highest BCUT2D eigenvalue weighted by Crippen LogP contribution is 2.31. The van der Waals surface area contributed by atoms with Crippen molar-refractivity contribution in [2.24, 2.45) is 5.73 Å². The molecule has 0 aliphatic heterocycles. The van der Waals surface area contributed by atoms with Gasteiger partial charge in [0.1, 0.15) is 0 Å². The zero-order valence-electron chi connectivity index (χ0n) is 15.9. The molecule has 0 fully saturated rings. The fourth-order valence-corrected chi connectivity index (χ4v) is 2.60. The third-order valence-corrected chi connectivity index (χ3v) is 4.02. The van der Waals surface area contributed by atoms with E-state index in [-0.39, 0.29) is 29.3 Å². The molecular formula is C20H21F3N4O3. The number of halogens is 3. The van der Waals surface area contributed by atoms with Crippen LogP contribution in [-0.2, 0) is 11.0 Å². The van der Waals surface area contributed by atoms with E-state index in [0.29, 0.717) is 19.4 Å². The van der Waals surface area contributed by atoms with Crippen LogP contribution >= 0.6 is 0 Å². The predicted octanol–water partition coefficient (Wildman–Crippen LogP) is 3.73. The van der Waals surface area contributed by atoms with Crippen molar-refractivity contribution >= 4 is 29.2 Å². The van der Waals surface area contributed by atoms with Gasteiger partial charge < -0.3 is 21.7 Å². The Balaban J connectivity index is 2.00. The van der Waals surface area contributed by atoms with E-state index in [4.69, 9.17) is 5.73 Å². The number of carbonyl (C=O) groups is 3. The minimum atomic E-state index is -4.53. The molecular weight excluding hydrogens is 401 g/mol. The quantitative estimate of drug-likeness (QED) is 0.486. The number of anilines is 2. The van der Waals surface area contributed by atoms with Crippen molar-refractivity contribution in [3.05, 3.63) is 59.7 Å². The van der Waals surface area contributed by atoms with Gasteiger partial charge in [0.2, 0.25) is 5.91 Å².